The highest BCUT2D eigenvalue weighted by molar-refractivity contribution is 5.30. The Kier molecular flexibility index (Phi) is 4.74. The molecule has 1 saturated carbocycles. The highest BCUT2D eigenvalue weighted by Crippen LogP contribution is 2.30. The molecule has 1 aliphatic carbocycles. The van der Waals surface area contributed by atoms with Gasteiger partial charge in [0, 0.05) is 25.2 Å². The summed E-state index contributed by atoms with van der Waals surface area (Å²) in [5.41, 5.74) is 3.13. The predicted molar refractivity (Wildman–Crippen MR) is 84.9 cm³/mol. The molecule has 2 nitrogen and oxygen atoms in total. The molecule has 2 aliphatic rings. The molecule has 0 radical (unpaired) electrons. The molecule has 1 aromatic carbocycles. The minimum absolute atomic E-state index is 0.679. The summed E-state index contributed by atoms with van der Waals surface area (Å²) in [5, 5.41) is 3.41. The number of fused-ring (bicyclic) bond motifs is 1. The van der Waals surface area contributed by atoms with Crippen molar-refractivity contribution in [2.75, 3.05) is 13.6 Å². The minimum atomic E-state index is 0.679. The Morgan fingerprint density at radius 1 is 1.05 bits per heavy atom. The molecule has 0 aromatic heterocycles. The van der Waals surface area contributed by atoms with E-state index in [-0.39, 0.29) is 0 Å². The van der Waals surface area contributed by atoms with E-state index in [1.165, 1.54) is 44.9 Å². The molecule has 20 heavy (non-hydrogen) atoms. The molecule has 0 saturated heterocycles. The Bertz CT molecular complexity index is 421. The van der Waals surface area contributed by atoms with Crippen molar-refractivity contribution in [1.29, 1.82) is 0 Å². The Hall–Kier alpha value is -0.860. The van der Waals surface area contributed by atoms with Crippen LogP contribution < -0.4 is 5.32 Å². The van der Waals surface area contributed by atoms with E-state index in [1.807, 2.05) is 0 Å². The molecule has 1 aromatic rings. The SMILES string of the molecule is CNCC1Cc2ccccc2CN1C1CCCCCC1. The van der Waals surface area contributed by atoms with Crippen LogP contribution in [0.2, 0.25) is 0 Å². The van der Waals surface area contributed by atoms with E-state index in [0.29, 0.717) is 6.04 Å². The van der Waals surface area contributed by atoms with Crippen LogP contribution in [0, 0.1) is 0 Å². The summed E-state index contributed by atoms with van der Waals surface area (Å²) in [6.45, 7) is 2.28. The highest BCUT2D eigenvalue weighted by atomic mass is 15.2. The van der Waals surface area contributed by atoms with Crippen LogP contribution in [-0.2, 0) is 13.0 Å². The second kappa shape index (κ2) is 6.73. The predicted octanol–water partition coefficient (Wildman–Crippen LogP) is 3.36. The maximum atomic E-state index is 3.41. The molecule has 0 bridgehead atoms. The first-order chi connectivity index (χ1) is 9.88. The maximum absolute atomic E-state index is 3.41. The van der Waals surface area contributed by atoms with Crippen molar-refractivity contribution in [2.24, 2.45) is 0 Å². The van der Waals surface area contributed by atoms with Gasteiger partial charge in [0.25, 0.3) is 0 Å². The van der Waals surface area contributed by atoms with Gasteiger partial charge in [-0.1, -0.05) is 49.9 Å². The van der Waals surface area contributed by atoms with Crippen LogP contribution in [0.15, 0.2) is 24.3 Å². The molecule has 1 atom stereocenters. The topological polar surface area (TPSA) is 15.3 Å². The normalized spacial score (nSPS) is 25.1. The van der Waals surface area contributed by atoms with E-state index in [4.69, 9.17) is 0 Å². The summed E-state index contributed by atoms with van der Waals surface area (Å²) in [6, 6.07) is 10.5. The third-order valence-corrected chi connectivity index (χ3v) is 5.13. The molecule has 1 N–H and O–H groups in total. The van der Waals surface area contributed by atoms with Gasteiger partial charge >= 0.3 is 0 Å². The smallest absolute Gasteiger partial charge is 0.0267 e. The summed E-state index contributed by atoms with van der Waals surface area (Å²) in [6.07, 6.45) is 9.76. The van der Waals surface area contributed by atoms with Gasteiger partial charge in [0.05, 0.1) is 0 Å². The molecule has 110 valence electrons. The van der Waals surface area contributed by atoms with Crippen LogP contribution in [0.4, 0.5) is 0 Å². The summed E-state index contributed by atoms with van der Waals surface area (Å²) in [5.74, 6) is 0. The fraction of sp³-hybridized carbons (Fsp3) is 0.667. The number of hydrogen-bond acceptors (Lipinski definition) is 2. The van der Waals surface area contributed by atoms with Gasteiger partial charge in [-0.25, -0.2) is 0 Å². The zero-order chi connectivity index (χ0) is 13.8. The third-order valence-electron chi connectivity index (χ3n) is 5.13. The van der Waals surface area contributed by atoms with Crippen LogP contribution in [0.25, 0.3) is 0 Å². The van der Waals surface area contributed by atoms with E-state index in [9.17, 15) is 0 Å². The largest absolute Gasteiger partial charge is 0.318 e. The Morgan fingerprint density at radius 2 is 1.75 bits per heavy atom. The number of nitrogens with one attached hydrogen (secondary N) is 1. The minimum Gasteiger partial charge on any atom is -0.318 e. The quantitative estimate of drug-likeness (QED) is 0.849. The monoisotopic (exact) mass is 272 g/mol. The van der Waals surface area contributed by atoms with Crippen LogP contribution >= 0.6 is 0 Å². The van der Waals surface area contributed by atoms with Crippen LogP contribution in [0.5, 0.6) is 0 Å². The van der Waals surface area contributed by atoms with Gasteiger partial charge in [-0.3, -0.25) is 4.90 Å². The second-order valence-corrected chi connectivity index (χ2v) is 6.50. The fourth-order valence-electron chi connectivity index (χ4n) is 4.05. The molecular formula is C18H28N2. The number of likely N-dealkylation sites (N-methyl/N-ethyl adjacent to an activating group) is 1. The molecule has 3 rings (SSSR count). The van der Waals surface area contributed by atoms with E-state index in [2.05, 4.69) is 41.5 Å². The number of benzene rings is 1. The van der Waals surface area contributed by atoms with E-state index in [1.54, 1.807) is 11.1 Å². The van der Waals surface area contributed by atoms with Gasteiger partial charge in [0.15, 0.2) is 0 Å². The van der Waals surface area contributed by atoms with Crippen molar-refractivity contribution >= 4 is 0 Å². The van der Waals surface area contributed by atoms with Gasteiger partial charge < -0.3 is 5.32 Å². The van der Waals surface area contributed by atoms with Crippen LogP contribution in [0.3, 0.4) is 0 Å². The van der Waals surface area contributed by atoms with Crippen molar-refractivity contribution in [2.45, 2.75) is 63.6 Å². The zero-order valence-electron chi connectivity index (χ0n) is 12.8. The van der Waals surface area contributed by atoms with Crippen molar-refractivity contribution in [3.05, 3.63) is 35.4 Å². The lowest BCUT2D eigenvalue weighted by Gasteiger charge is -2.42. The molecule has 1 unspecified atom stereocenters. The lowest BCUT2D eigenvalue weighted by atomic mass is 9.91. The summed E-state index contributed by atoms with van der Waals surface area (Å²) in [4.78, 5) is 2.81. The molecule has 1 fully saturated rings. The Balaban J connectivity index is 1.79. The molecule has 0 spiro atoms. The van der Waals surface area contributed by atoms with Gasteiger partial charge in [0.1, 0.15) is 0 Å². The molecular weight excluding hydrogens is 244 g/mol. The summed E-state index contributed by atoms with van der Waals surface area (Å²) in [7, 11) is 2.09. The molecule has 1 heterocycles. The van der Waals surface area contributed by atoms with Gasteiger partial charge in [-0.2, -0.15) is 0 Å². The Morgan fingerprint density at radius 3 is 2.45 bits per heavy atom. The number of rotatable bonds is 3. The number of hydrogen-bond donors (Lipinski definition) is 1. The fourth-order valence-corrected chi connectivity index (χ4v) is 4.05. The van der Waals surface area contributed by atoms with Crippen molar-refractivity contribution in [1.82, 2.24) is 10.2 Å². The van der Waals surface area contributed by atoms with E-state index < -0.39 is 0 Å². The van der Waals surface area contributed by atoms with Gasteiger partial charge in [-0.15, -0.1) is 0 Å². The van der Waals surface area contributed by atoms with E-state index >= 15 is 0 Å². The van der Waals surface area contributed by atoms with Crippen molar-refractivity contribution in [3.63, 3.8) is 0 Å². The molecule has 1 aliphatic heterocycles. The van der Waals surface area contributed by atoms with Gasteiger partial charge in [0.2, 0.25) is 0 Å². The molecule has 0 amide bonds. The molecule has 2 heteroatoms. The lowest BCUT2D eigenvalue weighted by Crippen LogP contribution is -2.50. The van der Waals surface area contributed by atoms with Crippen molar-refractivity contribution < 1.29 is 0 Å². The lowest BCUT2D eigenvalue weighted by molar-refractivity contribution is 0.0995. The van der Waals surface area contributed by atoms with E-state index in [0.717, 1.165) is 19.1 Å². The standard InChI is InChI=1S/C18H28N2/c1-19-13-18-12-15-8-6-7-9-16(15)14-20(18)17-10-4-2-3-5-11-17/h6-9,17-19H,2-5,10-14H2,1H3. The van der Waals surface area contributed by atoms with Gasteiger partial charge in [-0.05, 0) is 37.4 Å². The summed E-state index contributed by atoms with van der Waals surface area (Å²) < 4.78 is 0. The summed E-state index contributed by atoms with van der Waals surface area (Å²) >= 11 is 0. The average Bonchev–Trinajstić information content (AvgIpc) is 2.76. The van der Waals surface area contributed by atoms with Crippen LogP contribution in [0.1, 0.15) is 49.7 Å². The second-order valence-electron chi connectivity index (χ2n) is 6.50. The number of nitrogens with zero attached hydrogens (tertiary/aromatic N) is 1. The average molecular weight is 272 g/mol. The van der Waals surface area contributed by atoms with Crippen LogP contribution in [-0.4, -0.2) is 30.6 Å². The Labute approximate surface area is 123 Å². The maximum Gasteiger partial charge on any atom is 0.0267 e. The third kappa shape index (κ3) is 3.07. The first kappa shape index (κ1) is 14.1. The highest BCUT2D eigenvalue weighted by Gasteiger charge is 2.30. The zero-order valence-corrected chi connectivity index (χ0v) is 12.8. The van der Waals surface area contributed by atoms with Crippen molar-refractivity contribution in [3.8, 4) is 0 Å². The first-order valence-electron chi connectivity index (χ1n) is 8.35. The first-order valence-corrected chi connectivity index (χ1v) is 8.35.